The predicted octanol–water partition coefficient (Wildman–Crippen LogP) is 6.48. The smallest absolute Gasteiger partial charge is 0.239 e. The van der Waals surface area contributed by atoms with Gasteiger partial charge >= 0.3 is 0 Å². The molecule has 1 fully saturated rings. The molecule has 0 unspecified atom stereocenters. The summed E-state index contributed by atoms with van der Waals surface area (Å²) in [5.41, 5.74) is 4.59. The molecule has 2 amide bonds. The van der Waals surface area contributed by atoms with Crippen LogP contribution in [0.3, 0.4) is 0 Å². The molecule has 2 bridgehead atoms. The quantitative estimate of drug-likeness (QED) is 0.206. The number of hydrogen-bond donors (Lipinski definition) is 0. The molecule has 8 rings (SSSR count). The highest BCUT2D eigenvalue weighted by atomic mass is 79.9. The van der Waals surface area contributed by atoms with Crippen LogP contribution in [0.5, 0.6) is 0 Å². The first-order chi connectivity index (χ1) is 18.9. The Morgan fingerprint density at radius 3 is 2.18 bits per heavy atom. The number of carbonyl (C=O) groups excluding carboxylic acids is 2. The Kier molecular flexibility index (Phi) is 5.10. The van der Waals surface area contributed by atoms with Gasteiger partial charge in [0.25, 0.3) is 0 Å². The fraction of sp³-hybridized carbons (Fsp3) is 0.188. The van der Waals surface area contributed by atoms with Gasteiger partial charge in [-0.15, -0.1) is 0 Å². The first-order valence-electron chi connectivity index (χ1n) is 12.8. The summed E-state index contributed by atoms with van der Waals surface area (Å²) in [6.45, 7) is 3.63. The molecular formula is C32H22BrN3O3. The SMILES string of the molecule is Cc1oc(N=CC23c4ccccc4C(c4ccccc42)[C@@H]2C(=O)N(c4ccc(Br)cc4)C(=O)[C@@H]23)c(C#N)c1C. The van der Waals surface area contributed by atoms with Crippen molar-refractivity contribution in [2.75, 3.05) is 4.90 Å². The van der Waals surface area contributed by atoms with Crippen molar-refractivity contribution in [1.82, 2.24) is 0 Å². The molecule has 4 aliphatic rings. The van der Waals surface area contributed by atoms with E-state index in [-0.39, 0.29) is 23.6 Å². The second-order valence-electron chi connectivity index (χ2n) is 10.3. The number of nitriles is 1. The molecule has 1 aliphatic heterocycles. The summed E-state index contributed by atoms with van der Waals surface area (Å²) in [4.78, 5) is 34.7. The van der Waals surface area contributed by atoms with E-state index >= 15 is 0 Å². The lowest BCUT2D eigenvalue weighted by atomic mass is 9.47. The maximum absolute atomic E-state index is 14.4. The highest BCUT2D eigenvalue weighted by Crippen LogP contribution is 2.63. The summed E-state index contributed by atoms with van der Waals surface area (Å²) in [5, 5.41) is 9.81. The van der Waals surface area contributed by atoms with E-state index in [0.717, 1.165) is 32.3 Å². The summed E-state index contributed by atoms with van der Waals surface area (Å²) in [6, 6.07) is 25.5. The number of nitrogens with zero attached hydrogens (tertiary/aromatic N) is 3. The number of aliphatic imine (C=N–C) groups is 1. The number of benzene rings is 3. The Morgan fingerprint density at radius 2 is 1.56 bits per heavy atom. The normalized spacial score (nSPS) is 24.6. The summed E-state index contributed by atoms with van der Waals surface area (Å²) < 4.78 is 6.74. The van der Waals surface area contributed by atoms with Gasteiger partial charge in [-0.1, -0.05) is 64.5 Å². The van der Waals surface area contributed by atoms with E-state index in [4.69, 9.17) is 9.41 Å². The lowest BCUT2D eigenvalue weighted by Crippen LogP contribution is -2.54. The highest BCUT2D eigenvalue weighted by molar-refractivity contribution is 9.10. The van der Waals surface area contributed by atoms with Crippen molar-refractivity contribution in [3.63, 3.8) is 0 Å². The number of rotatable bonds is 3. The van der Waals surface area contributed by atoms with Crippen LogP contribution < -0.4 is 4.90 Å². The first-order valence-corrected chi connectivity index (χ1v) is 13.5. The molecule has 1 aromatic heterocycles. The van der Waals surface area contributed by atoms with Crippen molar-refractivity contribution < 1.29 is 14.0 Å². The molecule has 6 nitrogen and oxygen atoms in total. The van der Waals surface area contributed by atoms with E-state index in [0.29, 0.717) is 17.0 Å². The monoisotopic (exact) mass is 575 g/mol. The summed E-state index contributed by atoms with van der Waals surface area (Å²) in [6.07, 6.45) is 1.76. The van der Waals surface area contributed by atoms with E-state index in [1.54, 1.807) is 25.3 Å². The van der Waals surface area contributed by atoms with Crippen LogP contribution in [-0.2, 0) is 15.0 Å². The molecule has 190 valence electrons. The van der Waals surface area contributed by atoms with E-state index in [1.165, 1.54) is 4.90 Å². The van der Waals surface area contributed by atoms with Gasteiger partial charge < -0.3 is 4.42 Å². The number of furan rings is 1. The first kappa shape index (κ1) is 23.8. The van der Waals surface area contributed by atoms with Gasteiger partial charge in [0.05, 0.1) is 22.9 Å². The molecule has 2 heterocycles. The van der Waals surface area contributed by atoms with E-state index < -0.39 is 17.3 Å². The highest BCUT2D eigenvalue weighted by Gasteiger charge is 2.68. The van der Waals surface area contributed by atoms with Crippen molar-refractivity contribution in [2.45, 2.75) is 25.2 Å². The van der Waals surface area contributed by atoms with Crippen molar-refractivity contribution in [1.29, 1.82) is 5.26 Å². The second-order valence-corrected chi connectivity index (χ2v) is 11.3. The molecule has 0 saturated carbocycles. The number of anilines is 1. The van der Waals surface area contributed by atoms with Gasteiger partial charge in [0, 0.05) is 22.2 Å². The van der Waals surface area contributed by atoms with Gasteiger partial charge in [-0.05, 0) is 60.4 Å². The fourth-order valence-electron chi connectivity index (χ4n) is 6.89. The van der Waals surface area contributed by atoms with Gasteiger partial charge in [-0.3, -0.25) is 9.59 Å². The lowest BCUT2D eigenvalue weighted by Gasteiger charge is -2.52. The van der Waals surface area contributed by atoms with Crippen LogP contribution in [0.4, 0.5) is 11.6 Å². The maximum Gasteiger partial charge on any atom is 0.239 e. The molecule has 3 aromatic carbocycles. The standard InChI is InChI=1S/C32H22BrN3O3/c1-17-18(2)39-29(23(17)15-34)35-16-32-24-9-5-3-7-21(24)26(22-8-4-6-10-25(22)32)27-28(32)31(38)36(30(27)37)20-13-11-19(33)12-14-20/h3-14,16,26-28H,1-2H3/t26?,27-,28+,32?/m0/s1. The van der Waals surface area contributed by atoms with Crippen LogP contribution in [0, 0.1) is 37.0 Å². The summed E-state index contributed by atoms with van der Waals surface area (Å²) in [7, 11) is 0. The van der Waals surface area contributed by atoms with Crippen molar-refractivity contribution in [3.8, 4) is 6.07 Å². The van der Waals surface area contributed by atoms with Gasteiger partial charge in [-0.2, -0.15) is 5.26 Å². The zero-order valence-electron chi connectivity index (χ0n) is 21.2. The Morgan fingerprint density at radius 1 is 0.949 bits per heavy atom. The summed E-state index contributed by atoms with van der Waals surface area (Å²) in [5.74, 6) is -1.17. The second kappa shape index (κ2) is 8.36. The molecule has 0 spiro atoms. The predicted molar refractivity (Wildman–Crippen MR) is 150 cm³/mol. The third-order valence-corrected chi connectivity index (χ3v) is 9.16. The zero-order valence-corrected chi connectivity index (χ0v) is 22.8. The molecular weight excluding hydrogens is 554 g/mol. The molecule has 4 aromatic rings. The number of amides is 2. The number of imide groups is 1. The van der Waals surface area contributed by atoms with Crippen molar-refractivity contribution in [2.24, 2.45) is 16.8 Å². The van der Waals surface area contributed by atoms with Gasteiger partial charge in [0.1, 0.15) is 17.4 Å². The van der Waals surface area contributed by atoms with Crippen LogP contribution in [-0.4, -0.2) is 18.0 Å². The zero-order chi connectivity index (χ0) is 27.1. The largest absolute Gasteiger partial charge is 0.442 e. The minimum Gasteiger partial charge on any atom is -0.442 e. The third-order valence-electron chi connectivity index (χ3n) is 8.63. The molecule has 7 heteroatoms. The van der Waals surface area contributed by atoms with Crippen LogP contribution in [0.2, 0.25) is 0 Å². The Hall–Kier alpha value is -4.28. The van der Waals surface area contributed by atoms with Gasteiger partial charge in [0.15, 0.2) is 0 Å². The van der Waals surface area contributed by atoms with Crippen LogP contribution in [0.1, 0.15) is 45.1 Å². The Labute approximate surface area is 233 Å². The molecule has 39 heavy (non-hydrogen) atoms. The Balaban J connectivity index is 1.51. The van der Waals surface area contributed by atoms with Crippen LogP contribution in [0.25, 0.3) is 0 Å². The molecule has 3 aliphatic carbocycles. The van der Waals surface area contributed by atoms with Crippen LogP contribution >= 0.6 is 15.9 Å². The van der Waals surface area contributed by atoms with E-state index in [1.807, 2.05) is 55.5 Å². The van der Waals surface area contributed by atoms with Crippen LogP contribution in [0.15, 0.2) is 86.7 Å². The Bertz CT molecular complexity index is 1730. The number of carbonyl (C=O) groups is 2. The van der Waals surface area contributed by atoms with Gasteiger partial charge in [-0.25, -0.2) is 9.89 Å². The average molecular weight is 576 g/mol. The lowest BCUT2D eigenvalue weighted by molar-refractivity contribution is -0.122. The summed E-state index contributed by atoms with van der Waals surface area (Å²) >= 11 is 3.45. The number of hydrogen-bond acceptors (Lipinski definition) is 5. The maximum atomic E-state index is 14.4. The van der Waals surface area contributed by atoms with Crippen molar-refractivity contribution in [3.05, 3.63) is 116 Å². The van der Waals surface area contributed by atoms with Gasteiger partial charge in [0.2, 0.25) is 17.7 Å². The average Bonchev–Trinajstić information content (AvgIpc) is 3.39. The molecule has 2 atom stereocenters. The minimum atomic E-state index is -1.02. The molecule has 1 saturated heterocycles. The minimum absolute atomic E-state index is 0.207. The topological polar surface area (TPSA) is 86.7 Å². The van der Waals surface area contributed by atoms with E-state index in [9.17, 15) is 14.9 Å². The number of aryl methyl sites for hydroxylation is 1. The molecule has 0 N–H and O–H groups in total. The number of halogens is 1. The fourth-order valence-corrected chi connectivity index (χ4v) is 7.15. The van der Waals surface area contributed by atoms with Crippen molar-refractivity contribution >= 4 is 45.5 Å². The third kappa shape index (κ3) is 3.04. The van der Waals surface area contributed by atoms with E-state index in [2.05, 4.69) is 34.1 Å². The molecule has 0 radical (unpaired) electrons.